The largest absolute Gasteiger partial charge is 0.497 e. The van der Waals surface area contributed by atoms with Gasteiger partial charge in [-0.15, -0.1) is 0 Å². The number of rotatable bonds is 4. The summed E-state index contributed by atoms with van der Waals surface area (Å²) in [5.41, 5.74) is 2.64. The Balaban J connectivity index is 1.52. The first-order valence-corrected chi connectivity index (χ1v) is 9.97. The number of aromatic nitrogens is 1. The second-order valence-corrected chi connectivity index (χ2v) is 8.10. The number of thiazole rings is 1. The highest BCUT2D eigenvalue weighted by Gasteiger charge is 2.26. The van der Waals surface area contributed by atoms with Crippen molar-refractivity contribution in [2.75, 3.05) is 23.9 Å². The Hall–Kier alpha value is -2.45. The molecule has 2 aromatic carbocycles. The van der Waals surface area contributed by atoms with Gasteiger partial charge in [-0.3, -0.25) is 9.59 Å². The number of aryl methyl sites for hydroxylation is 1. The van der Waals surface area contributed by atoms with Gasteiger partial charge in [-0.25, -0.2) is 4.98 Å². The van der Waals surface area contributed by atoms with E-state index in [0.717, 1.165) is 31.7 Å². The third-order valence-corrected chi connectivity index (χ3v) is 5.81. The highest BCUT2D eigenvalue weighted by molar-refractivity contribution is 9.10. The first-order chi connectivity index (χ1) is 13.0. The molecule has 6 nitrogen and oxygen atoms in total. The van der Waals surface area contributed by atoms with Crippen molar-refractivity contribution in [1.29, 1.82) is 0 Å². The van der Waals surface area contributed by atoms with Crippen molar-refractivity contribution in [1.82, 2.24) is 4.98 Å². The van der Waals surface area contributed by atoms with Crippen LogP contribution in [0.2, 0.25) is 0 Å². The van der Waals surface area contributed by atoms with E-state index in [4.69, 9.17) is 4.74 Å². The summed E-state index contributed by atoms with van der Waals surface area (Å²) in [7, 11) is 1.61. The second-order valence-electron chi connectivity index (χ2n) is 6.15. The molecule has 0 saturated carbocycles. The van der Waals surface area contributed by atoms with Crippen molar-refractivity contribution in [3.63, 3.8) is 0 Å². The predicted octanol–water partition coefficient (Wildman–Crippen LogP) is 3.99. The molecule has 0 atom stereocenters. The number of fused-ring (bicyclic) bond motifs is 2. The van der Waals surface area contributed by atoms with Crippen molar-refractivity contribution in [3.8, 4) is 5.75 Å². The quantitative estimate of drug-likeness (QED) is 0.658. The van der Waals surface area contributed by atoms with E-state index in [1.807, 2.05) is 36.4 Å². The molecule has 3 aromatic rings. The third kappa shape index (κ3) is 3.68. The van der Waals surface area contributed by atoms with Crippen molar-refractivity contribution in [2.45, 2.75) is 12.8 Å². The van der Waals surface area contributed by atoms with Crippen molar-refractivity contribution in [3.05, 3.63) is 46.4 Å². The van der Waals surface area contributed by atoms with Crippen LogP contribution >= 0.6 is 27.3 Å². The number of nitrogens with zero attached hydrogens (tertiary/aromatic N) is 2. The molecule has 0 fully saturated rings. The van der Waals surface area contributed by atoms with E-state index in [0.29, 0.717) is 18.0 Å². The summed E-state index contributed by atoms with van der Waals surface area (Å²) in [5.74, 6) is 0.421. The van der Waals surface area contributed by atoms with Crippen LogP contribution in [0.15, 0.2) is 40.9 Å². The van der Waals surface area contributed by atoms with Gasteiger partial charge in [0.2, 0.25) is 11.8 Å². The Morgan fingerprint density at radius 2 is 2.15 bits per heavy atom. The van der Waals surface area contributed by atoms with Gasteiger partial charge in [0.25, 0.3) is 0 Å². The van der Waals surface area contributed by atoms with Crippen LogP contribution in [0, 0.1) is 0 Å². The van der Waals surface area contributed by atoms with E-state index in [1.54, 1.807) is 7.11 Å². The molecule has 1 N–H and O–H groups in total. The molecule has 138 valence electrons. The number of anilines is 2. The number of amides is 2. The molecule has 0 unspecified atom stereocenters. The minimum atomic E-state index is -0.273. The molecule has 0 spiro atoms. The van der Waals surface area contributed by atoms with Gasteiger partial charge in [0, 0.05) is 16.6 Å². The third-order valence-electron chi connectivity index (χ3n) is 4.39. The summed E-state index contributed by atoms with van der Waals surface area (Å²) in [5, 5.41) is 3.31. The van der Waals surface area contributed by atoms with Gasteiger partial charge in [0.15, 0.2) is 5.13 Å². The molecule has 0 aliphatic carbocycles. The van der Waals surface area contributed by atoms with Crippen LogP contribution < -0.4 is 15.0 Å². The summed E-state index contributed by atoms with van der Waals surface area (Å²) in [6.45, 7) is -0.0350. The number of ether oxygens (including phenoxy) is 1. The maximum Gasteiger partial charge on any atom is 0.246 e. The molecule has 0 bridgehead atoms. The molecule has 1 aliphatic heterocycles. The zero-order valence-electron chi connectivity index (χ0n) is 14.5. The highest BCUT2D eigenvalue weighted by Crippen LogP contribution is 2.31. The molecule has 1 aliphatic rings. The molecule has 0 saturated heterocycles. The number of carbonyl (C=O) groups excluding carboxylic acids is 2. The minimum Gasteiger partial charge on any atom is -0.497 e. The maximum atomic E-state index is 12.5. The number of hydrogen-bond acceptors (Lipinski definition) is 5. The number of carbonyl (C=O) groups is 2. The average Bonchev–Trinajstić information content (AvgIpc) is 3.05. The van der Waals surface area contributed by atoms with Gasteiger partial charge in [-0.05, 0) is 48.4 Å². The van der Waals surface area contributed by atoms with Crippen LogP contribution in [0.25, 0.3) is 10.2 Å². The first-order valence-electron chi connectivity index (χ1n) is 8.37. The molecule has 2 heterocycles. The molecule has 2 amide bonds. The lowest BCUT2D eigenvalue weighted by Gasteiger charge is -2.28. The normalized spacial score (nSPS) is 13.6. The van der Waals surface area contributed by atoms with Gasteiger partial charge >= 0.3 is 0 Å². The fraction of sp³-hybridized carbons (Fsp3) is 0.211. The lowest BCUT2D eigenvalue weighted by molar-refractivity contribution is -0.121. The monoisotopic (exact) mass is 445 g/mol. The van der Waals surface area contributed by atoms with Crippen molar-refractivity contribution < 1.29 is 14.3 Å². The average molecular weight is 446 g/mol. The molecule has 27 heavy (non-hydrogen) atoms. The van der Waals surface area contributed by atoms with Crippen LogP contribution in [-0.4, -0.2) is 30.5 Å². The van der Waals surface area contributed by atoms with E-state index in [-0.39, 0.29) is 18.4 Å². The van der Waals surface area contributed by atoms with E-state index < -0.39 is 0 Å². The van der Waals surface area contributed by atoms with E-state index in [1.165, 1.54) is 16.2 Å². The van der Waals surface area contributed by atoms with Crippen LogP contribution in [0.3, 0.4) is 0 Å². The second kappa shape index (κ2) is 7.28. The van der Waals surface area contributed by atoms with E-state index in [2.05, 4.69) is 26.2 Å². The maximum absolute atomic E-state index is 12.5. The van der Waals surface area contributed by atoms with Gasteiger partial charge in [-0.2, -0.15) is 0 Å². The fourth-order valence-corrected chi connectivity index (χ4v) is 4.41. The Labute approximate surface area is 168 Å². The Kier molecular flexibility index (Phi) is 4.84. The Morgan fingerprint density at radius 3 is 2.96 bits per heavy atom. The number of benzene rings is 2. The SMILES string of the molecule is COc1ccc2nc(NC(=O)CN3C(=O)CCc4cc(Br)ccc43)sc2c1. The highest BCUT2D eigenvalue weighted by atomic mass is 79.9. The molecule has 4 rings (SSSR count). The zero-order chi connectivity index (χ0) is 19.0. The Bertz CT molecular complexity index is 1050. The van der Waals surface area contributed by atoms with E-state index >= 15 is 0 Å². The first kappa shape index (κ1) is 17.9. The molecular formula is C19H16BrN3O3S. The minimum absolute atomic E-state index is 0.0350. The lowest BCUT2D eigenvalue weighted by Crippen LogP contribution is -2.40. The smallest absolute Gasteiger partial charge is 0.246 e. The summed E-state index contributed by atoms with van der Waals surface area (Å²) in [4.78, 5) is 30.8. The summed E-state index contributed by atoms with van der Waals surface area (Å²) in [6, 6.07) is 11.3. The summed E-state index contributed by atoms with van der Waals surface area (Å²) in [6.07, 6.45) is 1.09. The Morgan fingerprint density at radius 1 is 1.30 bits per heavy atom. The fourth-order valence-electron chi connectivity index (χ4n) is 3.09. The summed E-state index contributed by atoms with van der Waals surface area (Å²) >= 11 is 4.82. The topological polar surface area (TPSA) is 71.5 Å². The molecular weight excluding hydrogens is 430 g/mol. The number of methoxy groups -OCH3 is 1. The van der Waals surface area contributed by atoms with Gasteiger partial charge < -0.3 is 15.0 Å². The van der Waals surface area contributed by atoms with Crippen LogP contribution in [0.5, 0.6) is 5.75 Å². The zero-order valence-corrected chi connectivity index (χ0v) is 16.9. The summed E-state index contributed by atoms with van der Waals surface area (Å²) < 4.78 is 7.10. The number of hydrogen-bond donors (Lipinski definition) is 1. The predicted molar refractivity (Wildman–Crippen MR) is 110 cm³/mol. The lowest BCUT2D eigenvalue weighted by atomic mass is 10.0. The van der Waals surface area contributed by atoms with Crippen molar-refractivity contribution in [2.24, 2.45) is 0 Å². The number of nitrogens with one attached hydrogen (secondary N) is 1. The van der Waals surface area contributed by atoms with Gasteiger partial charge in [0.05, 0.1) is 17.3 Å². The molecule has 0 radical (unpaired) electrons. The van der Waals surface area contributed by atoms with Crippen LogP contribution in [-0.2, 0) is 16.0 Å². The van der Waals surface area contributed by atoms with E-state index in [9.17, 15) is 9.59 Å². The van der Waals surface area contributed by atoms with Crippen LogP contribution in [0.1, 0.15) is 12.0 Å². The van der Waals surface area contributed by atoms with Crippen molar-refractivity contribution >= 4 is 60.1 Å². The standard InChI is InChI=1S/C19H16BrN3O3S/c1-26-13-4-5-14-16(9-13)27-19(21-14)22-17(24)10-23-15-6-3-12(20)8-11(15)2-7-18(23)25/h3-6,8-9H,2,7,10H2,1H3,(H,21,22,24). The van der Waals surface area contributed by atoms with Crippen LogP contribution in [0.4, 0.5) is 10.8 Å². The molecule has 1 aromatic heterocycles. The number of halogens is 1. The molecule has 8 heteroatoms. The van der Waals surface area contributed by atoms with Gasteiger partial charge in [-0.1, -0.05) is 27.3 Å². The van der Waals surface area contributed by atoms with Gasteiger partial charge in [0.1, 0.15) is 12.3 Å².